The maximum absolute atomic E-state index is 13.6. The molecule has 0 aliphatic heterocycles. The predicted molar refractivity (Wildman–Crippen MR) is 71.2 cm³/mol. The Balaban J connectivity index is 2.16. The minimum absolute atomic E-state index is 0.0840. The lowest BCUT2D eigenvalue weighted by Gasteiger charge is -2.24. The van der Waals surface area contributed by atoms with E-state index in [1.165, 1.54) is 0 Å². The molecule has 116 valence electrons. The van der Waals surface area contributed by atoms with E-state index in [-0.39, 0.29) is 18.6 Å². The van der Waals surface area contributed by atoms with Crippen LogP contribution in [0.3, 0.4) is 0 Å². The average Bonchev–Trinajstić information content (AvgIpc) is 2.62. The van der Waals surface area contributed by atoms with Crippen LogP contribution in [0.2, 0.25) is 0 Å². The zero-order valence-electron chi connectivity index (χ0n) is 11.5. The van der Waals surface area contributed by atoms with Gasteiger partial charge in [0.1, 0.15) is 23.0 Å². The van der Waals surface area contributed by atoms with E-state index in [1.54, 1.807) is 0 Å². The van der Waals surface area contributed by atoms with Gasteiger partial charge in [0.15, 0.2) is 0 Å². The average molecular weight is 301 g/mol. The monoisotopic (exact) mass is 301 g/mol. The number of halogens is 3. The van der Waals surface area contributed by atoms with Gasteiger partial charge in [-0.25, -0.2) is 13.2 Å². The molecule has 0 radical (unpaired) electrons. The summed E-state index contributed by atoms with van der Waals surface area (Å²) < 4.78 is 40.0. The summed E-state index contributed by atoms with van der Waals surface area (Å²) in [5.74, 6) is -4.54. The zero-order chi connectivity index (χ0) is 15.4. The van der Waals surface area contributed by atoms with Gasteiger partial charge >= 0.3 is 0 Å². The van der Waals surface area contributed by atoms with Crippen molar-refractivity contribution in [2.75, 3.05) is 6.61 Å². The summed E-state index contributed by atoms with van der Waals surface area (Å²) in [5, 5.41) is 11.9. The number of carbonyl (C=O) groups excluding carboxylic acids is 1. The largest absolute Gasteiger partial charge is 0.396 e. The molecule has 1 aliphatic carbocycles. The topological polar surface area (TPSA) is 49.3 Å². The molecule has 0 heterocycles. The Bertz CT molecular complexity index is 499. The van der Waals surface area contributed by atoms with Crippen molar-refractivity contribution in [2.45, 2.75) is 38.1 Å². The molecule has 1 saturated carbocycles. The molecule has 2 unspecified atom stereocenters. The summed E-state index contributed by atoms with van der Waals surface area (Å²) in [6.07, 6.45) is 4.26. The van der Waals surface area contributed by atoms with Crippen molar-refractivity contribution in [3.05, 3.63) is 35.1 Å². The second kappa shape index (κ2) is 6.93. The van der Waals surface area contributed by atoms with Crippen LogP contribution in [0.5, 0.6) is 0 Å². The van der Waals surface area contributed by atoms with Gasteiger partial charge in [-0.05, 0) is 12.8 Å². The molecule has 2 rings (SSSR count). The number of rotatable bonds is 3. The second-order valence-corrected chi connectivity index (χ2v) is 5.41. The third kappa shape index (κ3) is 3.75. The van der Waals surface area contributed by atoms with E-state index in [0.29, 0.717) is 18.6 Å². The Hall–Kier alpha value is -1.56. The first-order chi connectivity index (χ1) is 10.0. The number of aliphatic hydroxyl groups is 1. The van der Waals surface area contributed by atoms with Gasteiger partial charge in [0.25, 0.3) is 5.91 Å². The van der Waals surface area contributed by atoms with E-state index in [0.717, 1.165) is 25.7 Å². The van der Waals surface area contributed by atoms with Crippen molar-refractivity contribution >= 4 is 5.91 Å². The molecule has 1 amide bonds. The number of carbonyl (C=O) groups is 1. The summed E-state index contributed by atoms with van der Waals surface area (Å²) in [5.41, 5.74) is -0.780. The maximum Gasteiger partial charge on any atom is 0.257 e. The molecule has 1 fully saturated rings. The Morgan fingerprint density at radius 2 is 1.76 bits per heavy atom. The van der Waals surface area contributed by atoms with Gasteiger partial charge in [-0.2, -0.15) is 0 Å². The first-order valence-corrected chi connectivity index (χ1v) is 7.09. The number of nitrogens with one attached hydrogen (secondary N) is 1. The summed E-state index contributed by atoms with van der Waals surface area (Å²) in [6, 6.07) is 0.636. The van der Waals surface area contributed by atoms with Gasteiger partial charge in [-0.15, -0.1) is 0 Å². The minimum atomic E-state index is -1.22. The fourth-order valence-electron chi connectivity index (χ4n) is 2.79. The number of hydrogen-bond acceptors (Lipinski definition) is 2. The Kier molecular flexibility index (Phi) is 5.22. The smallest absolute Gasteiger partial charge is 0.257 e. The molecule has 1 aromatic rings. The molecular weight excluding hydrogens is 283 g/mol. The van der Waals surface area contributed by atoms with Gasteiger partial charge in [-0.1, -0.05) is 19.3 Å². The maximum atomic E-state index is 13.6. The molecule has 2 atom stereocenters. The van der Waals surface area contributed by atoms with E-state index in [9.17, 15) is 23.1 Å². The van der Waals surface area contributed by atoms with Crippen LogP contribution in [0.1, 0.15) is 42.5 Å². The van der Waals surface area contributed by atoms with Crippen LogP contribution in [0.4, 0.5) is 13.2 Å². The number of hydrogen-bond donors (Lipinski definition) is 2. The van der Waals surface area contributed by atoms with E-state index in [1.807, 2.05) is 0 Å². The number of benzene rings is 1. The first kappa shape index (κ1) is 15.8. The van der Waals surface area contributed by atoms with E-state index < -0.39 is 28.9 Å². The third-order valence-corrected chi connectivity index (χ3v) is 3.94. The van der Waals surface area contributed by atoms with Gasteiger partial charge in [-0.3, -0.25) is 4.79 Å². The highest BCUT2D eigenvalue weighted by Crippen LogP contribution is 2.24. The van der Waals surface area contributed by atoms with E-state index in [4.69, 9.17) is 0 Å². The predicted octanol–water partition coefficient (Wildman–Crippen LogP) is 2.77. The van der Waals surface area contributed by atoms with E-state index in [2.05, 4.69) is 5.32 Å². The van der Waals surface area contributed by atoms with Crippen molar-refractivity contribution < 1.29 is 23.1 Å². The van der Waals surface area contributed by atoms with Gasteiger partial charge in [0.2, 0.25) is 0 Å². The highest BCUT2D eigenvalue weighted by molar-refractivity contribution is 5.95. The molecular formula is C15H18F3NO2. The molecule has 0 spiro atoms. The van der Waals surface area contributed by atoms with Crippen LogP contribution < -0.4 is 5.32 Å². The molecule has 1 aromatic carbocycles. The summed E-state index contributed by atoms with van der Waals surface area (Å²) in [4.78, 5) is 12.0. The second-order valence-electron chi connectivity index (χ2n) is 5.41. The van der Waals surface area contributed by atoms with Crippen LogP contribution in [0, 0.1) is 23.4 Å². The van der Waals surface area contributed by atoms with Crippen molar-refractivity contribution in [3.8, 4) is 0 Å². The number of aliphatic hydroxyl groups excluding tert-OH is 1. The van der Waals surface area contributed by atoms with Crippen LogP contribution in [0.15, 0.2) is 12.1 Å². The lowest BCUT2D eigenvalue weighted by atomic mass is 9.95. The van der Waals surface area contributed by atoms with Crippen molar-refractivity contribution in [1.29, 1.82) is 0 Å². The van der Waals surface area contributed by atoms with Crippen molar-refractivity contribution in [2.24, 2.45) is 5.92 Å². The van der Waals surface area contributed by atoms with Crippen molar-refractivity contribution in [1.82, 2.24) is 5.32 Å². The SMILES string of the molecule is O=C(NC1CCCCCC1CO)c1c(F)cc(F)cc1F. The molecule has 0 bridgehead atoms. The molecule has 2 N–H and O–H groups in total. The quantitative estimate of drug-likeness (QED) is 0.843. The zero-order valence-corrected chi connectivity index (χ0v) is 11.5. The van der Waals surface area contributed by atoms with Gasteiger partial charge in [0, 0.05) is 30.7 Å². The molecule has 1 aliphatic rings. The highest BCUT2D eigenvalue weighted by Gasteiger charge is 2.27. The molecule has 0 saturated heterocycles. The molecule has 0 aromatic heterocycles. The fraction of sp³-hybridized carbons (Fsp3) is 0.533. The van der Waals surface area contributed by atoms with Crippen molar-refractivity contribution in [3.63, 3.8) is 0 Å². The van der Waals surface area contributed by atoms with Crippen LogP contribution in [-0.4, -0.2) is 23.7 Å². The van der Waals surface area contributed by atoms with Crippen LogP contribution in [0.25, 0.3) is 0 Å². The summed E-state index contributed by atoms with van der Waals surface area (Å²) >= 11 is 0. The summed E-state index contributed by atoms with van der Waals surface area (Å²) in [6.45, 7) is -0.0840. The molecule has 3 nitrogen and oxygen atoms in total. The normalized spacial score (nSPS) is 22.7. The Labute approximate surface area is 121 Å². The Morgan fingerprint density at radius 3 is 2.38 bits per heavy atom. The Morgan fingerprint density at radius 1 is 1.14 bits per heavy atom. The fourth-order valence-corrected chi connectivity index (χ4v) is 2.79. The molecule has 21 heavy (non-hydrogen) atoms. The minimum Gasteiger partial charge on any atom is -0.396 e. The lowest BCUT2D eigenvalue weighted by molar-refractivity contribution is 0.0891. The first-order valence-electron chi connectivity index (χ1n) is 7.09. The van der Waals surface area contributed by atoms with Gasteiger partial charge in [0.05, 0.1) is 0 Å². The summed E-state index contributed by atoms with van der Waals surface area (Å²) in [7, 11) is 0. The standard InChI is InChI=1S/C15H18F3NO2/c16-10-6-11(17)14(12(18)7-10)15(21)19-13-5-3-1-2-4-9(13)8-20/h6-7,9,13,20H,1-5,8H2,(H,19,21). The number of amides is 1. The molecule has 6 heteroatoms. The third-order valence-electron chi connectivity index (χ3n) is 3.94. The van der Waals surface area contributed by atoms with E-state index >= 15 is 0 Å². The lowest BCUT2D eigenvalue weighted by Crippen LogP contribution is -2.41. The van der Waals surface area contributed by atoms with Gasteiger partial charge < -0.3 is 10.4 Å². The van der Waals surface area contributed by atoms with Crippen LogP contribution in [-0.2, 0) is 0 Å². The van der Waals surface area contributed by atoms with Crippen LogP contribution >= 0.6 is 0 Å². The highest BCUT2D eigenvalue weighted by atomic mass is 19.1.